The molecule has 1 aromatic carbocycles. The van der Waals surface area contributed by atoms with Crippen molar-refractivity contribution in [3.05, 3.63) is 27.3 Å². The molecule has 1 N–H and O–H groups in total. The lowest BCUT2D eigenvalue weighted by molar-refractivity contribution is -0.135. The Bertz CT molecular complexity index is 489. The first-order valence-electron chi connectivity index (χ1n) is 6.76. The number of rotatable bonds is 2. The van der Waals surface area contributed by atoms with Crippen LogP contribution >= 0.6 is 22.6 Å². The molecule has 19 heavy (non-hydrogen) atoms. The number of likely N-dealkylation sites (N-methyl/N-ethyl adjacent to an activating group) is 1. The first-order valence-corrected chi connectivity index (χ1v) is 7.83. The fourth-order valence-electron chi connectivity index (χ4n) is 2.96. The third-order valence-electron chi connectivity index (χ3n) is 4.21. The summed E-state index contributed by atoms with van der Waals surface area (Å²) in [6, 6.07) is 5.64. The van der Waals surface area contributed by atoms with E-state index in [9.17, 15) is 9.90 Å². The number of aromatic hydroxyl groups is 1. The summed E-state index contributed by atoms with van der Waals surface area (Å²) in [5, 5.41) is 9.93. The van der Waals surface area contributed by atoms with Crippen LogP contribution in [-0.2, 0) is 10.2 Å². The van der Waals surface area contributed by atoms with E-state index in [1.165, 1.54) is 0 Å². The van der Waals surface area contributed by atoms with Gasteiger partial charge >= 0.3 is 0 Å². The molecule has 1 aliphatic rings. The molecule has 104 valence electrons. The Labute approximate surface area is 128 Å². The minimum absolute atomic E-state index is 0.188. The Morgan fingerprint density at radius 2 is 2.16 bits per heavy atom. The normalized spacial score (nSPS) is 24.4. The molecular formula is C15H20INO2. The molecule has 0 radical (unpaired) electrons. The van der Waals surface area contributed by atoms with Crippen LogP contribution in [0.3, 0.4) is 0 Å². The van der Waals surface area contributed by atoms with Crippen LogP contribution in [-0.4, -0.2) is 29.5 Å². The van der Waals surface area contributed by atoms with Gasteiger partial charge in [0.2, 0.25) is 5.91 Å². The number of hydrogen-bond donors (Lipinski definition) is 1. The number of halogens is 1. The van der Waals surface area contributed by atoms with Gasteiger partial charge in [-0.05, 0) is 59.5 Å². The number of carbonyl (C=O) groups excluding carboxylic acids is 1. The molecular weight excluding hydrogens is 353 g/mol. The zero-order valence-electron chi connectivity index (χ0n) is 11.4. The van der Waals surface area contributed by atoms with Crippen LogP contribution in [0.1, 0.15) is 38.2 Å². The summed E-state index contributed by atoms with van der Waals surface area (Å²) < 4.78 is 0.821. The van der Waals surface area contributed by atoms with Crippen LogP contribution < -0.4 is 0 Å². The number of carbonyl (C=O) groups is 1. The van der Waals surface area contributed by atoms with E-state index in [-0.39, 0.29) is 11.7 Å². The van der Waals surface area contributed by atoms with Gasteiger partial charge < -0.3 is 10.0 Å². The molecule has 1 aromatic rings. The lowest BCUT2D eigenvalue weighted by Gasteiger charge is -2.33. The van der Waals surface area contributed by atoms with Gasteiger partial charge in [-0.2, -0.15) is 0 Å². The topological polar surface area (TPSA) is 40.5 Å². The maximum Gasteiger partial charge on any atom is 0.232 e. The van der Waals surface area contributed by atoms with Crippen LogP contribution in [0.15, 0.2) is 18.2 Å². The number of phenols is 1. The lowest BCUT2D eigenvalue weighted by Crippen LogP contribution is -2.43. The summed E-state index contributed by atoms with van der Waals surface area (Å²) in [6.07, 6.45) is 3.75. The molecule has 1 saturated heterocycles. The summed E-state index contributed by atoms with van der Waals surface area (Å²) in [4.78, 5) is 14.6. The molecule has 0 saturated carbocycles. The summed E-state index contributed by atoms with van der Waals surface area (Å²) in [5.74, 6) is 0.457. The van der Waals surface area contributed by atoms with Gasteiger partial charge in [-0.25, -0.2) is 0 Å². The maximum atomic E-state index is 12.7. The van der Waals surface area contributed by atoms with E-state index in [2.05, 4.69) is 29.5 Å². The van der Waals surface area contributed by atoms with Gasteiger partial charge in [0.05, 0.1) is 8.99 Å². The van der Waals surface area contributed by atoms with Crippen molar-refractivity contribution < 1.29 is 9.90 Å². The van der Waals surface area contributed by atoms with Crippen LogP contribution in [0.25, 0.3) is 0 Å². The zero-order chi connectivity index (χ0) is 14.0. The maximum absolute atomic E-state index is 12.7. The van der Waals surface area contributed by atoms with E-state index >= 15 is 0 Å². The van der Waals surface area contributed by atoms with Gasteiger partial charge in [0.1, 0.15) is 5.75 Å². The van der Waals surface area contributed by atoms with Crippen molar-refractivity contribution in [1.29, 1.82) is 0 Å². The summed E-state index contributed by atoms with van der Waals surface area (Å²) in [5.41, 5.74) is 0.485. The van der Waals surface area contributed by atoms with Crippen molar-refractivity contribution in [3.63, 3.8) is 0 Å². The standard InChI is InChI=1S/C15H20INO2/c1-3-15(8-4-5-9-17(2)14(15)19)11-6-7-12(16)13(18)10-11/h6-7,10,18H,3-5,8-9H2,1-2H3/t15-/m0/s1. The number of likely N-dealkylation sites (tertiary alicyclic amines) is 1. The molecule has 2 rings (SSSR count). The molecule has 0 bridgehead atoms. The average molecular weight is 373 g/mol. The molecule has 1 aliphatic heterocycles. The third kappa shape index (κ3) is 2.59. The van der Waals surface area contributed by atoms with Crippen molar-refractivity contribution in [3.8, 4) is 5.75 Å². The molecule has 4 heteroatoms. The molecule has 0 unspecified atom stereocenters. The molecule has 0 aliphatic carbocycles. The van der Waals surface area contributed by atoms with E-state index in [1.807, 2.05) is 24.1 Å². The Balaban J connectivity index is 2.50. The molecule has 0 aromatic heterocycles. The highest BCUT2D eigenvalue weighted by molar-refractivity contribution is 14.1. The zero-order valence-corrected chi connectivity index (χ0v) is 13.6. The van der Waals surface area contributed by atoms with Gasteiger partial charge in [0.15, 0.2) is 0 Å². The first-order chi connectivity index (χ1) is 9.01. The first kappa shape index (κ1) is 14.6. The highest BCUT2D eigenvalue weighted by Gasteiger charge is 2.41. The largest absolute Gasteiger partial charge is 0.507 e. The van der Waals surface area contributed by atoms with Gasteiger partial charge in [0, 0.05) is 13.6 Å². The van der Waals surface area contributed by atoms with Crippen molar-refractivity contribution in [2.45, 2.75) is 38.0 Å². The summed E-state index contributed by atoms with van der Waals surface area (Å²) >= 11 is 2.10. The Kier molecular flexibility index (Phi) is 4.38. The fourth-order valence-corrected chi connectivity index (χ4v) is 3.30. The number of nitrogens with zero attached hydrogens (tertiary/aromatic N) is 1. The average Bonchev–Trinajstić information content (AvgIpc) is 2.55. The van der Waals surface area contributed by atoms with E-state index in [0.29, 0.717) is 0 Å². The van der Waals surface area contributed by atoms with E-state index in [1.54, 1.807) is 6.07 Å². The second-order valence-corrected chi connectivity index (χ2v) is 6.45. The smallest absolute Gasteiger partial charge is 0.232 e. The van der Waals surface area contributed by atoms with E-state index in [0.717, 1.165) is 41.4 Å². The Morgan fingerprint density at radius 1 is 1.42 bits per heavy atom. The second kappa shape index (κ2) is 5.69. The number of benzene rings is 1. The Morgan fingerprint density at radius 3 is 2.79 bits per heavy atom. The molecule has 1 atom stereocenters. The Hall–Kier alpha value is -0.780. The van der Waals surface area contributed by atoms with Crippen molar-refractivity contribution in [1.82, 2.24) is 4.90 Å². The number of phenolic OH excluding ortho intramolecular Hbond substituents is 1. The highest BCUT2D eigenvalue weighted by Crippen LogP contribution is 2.39. The van der Waals surface area contributed by atoms with Crippen LogP contribution in [0.4, 0.5) is 0 Å². The minimum atomic E-state index is -0.465. The van der Waals surface area contributed by atoms with Gasteiger partial charge in [0.25, 0.3) is 0 Å². The quantitative estimate of drug-likeness (QED) is 0.809. The molecule has 3 nitrogen and oxygen atoms in total. The lowest BCUT2D eigenvalue weighted by atomic mass is 9.73. The monoisotopic (exact) mass is 373 g/mol. The predicted octanol–water partition coefficient (Wildman–Crippen LogP) is 3.29. The van der Waals surface area contributed by atoms with E-state index < -0.39 is 5.41 Å². The van der Waals surface area contributed by atoms with Crippen LogP contribution in [0.5, 0.6) is 5.75 Å². The number of amides is 1. The predicted molar refractivity (Wildman–Crippen MR) is 84.3 cm³/mol. The second-order valence-electron chi connectivity index (χ2n) is 5.29. The molecule has 1 fully saturated rings. The van der Waals surface area contributed by atoms with Crippen molar-refractivity contribution in [2.75, 3.05) is 13.6 Å². The van der Waals surface area contributed by atoms with Crippen LogP contribution in [0.2, 0.25) is 0 Å². The van der Waals surface area contributed by atoms with Crippen LogP contribution in [0, 0.1) is 3.57 Å². The summed E-state index contributed by atoms with van der Waals surface area (Å²) in [6.45, 7) is 2.89. The molecule has 1 amide bonds. The van der Waals surface area contributed by atoms with Gasteiger partial charge in [-0.15, -0.1) is 0 Å². The van der Waals surface area contributed by atoms with Crippen molar-refractivity contribution in [2.24, 2.45) is 0 Å². The minimum Gasteiger partial charge on any atom is -0.507 e. The molecule has 1 heterocycles. The van der Waals surface area contributed by atoms with Gasteiger partial charge in [-0.3, -0.25) is 4.79 Å². The molecule has 0 spiro atoms. The summed E-state index contributed by atoms with van der Waals surface area (Å²) in [7, 11) is 1.88. The van der Waals surface area contributed by atoms with Gasteiger partial charge in [-0.1, -0.05) is 19.4 Å². The SMILES string of the molecule is CC[C@@]1(c2ccc(I)c(O)c2)CCCCN(C)C1=O. The fraction of sp³-hybridized carbons (Fsp3) is 0.533. The highest BCUT2D eigenvalue weighted by atomic mass is 127. The third-order valence-corrected chi connectivity index (χ3v) is 5.12. The van der Waals surface area contributed by atoms with E-state index in [4.69, 9.17) is 0 Å². The van der Waals surface area contributed by atoms with Crippen molar-refractivity contribution >= 4 is 28.5 Å². The number of hydrogen-bond acceptors (Lipinski definition) is 2.